The zero-order valence-corrected chi connectivity index (χ0v) is 14.5. The molecule has 6 nitrogen and oxygen atoms in total. The zero-order chi connectivity index (χ0) is 18.5. The summed E-state index contributed by atoms with van der Waals surface area (Å²) < 4.78 is 10.8. The lowest BCUT2D eigenvalue weighted by atomic mass is 10.1. The number of rotatable bonds is 6. The number of pyridine rings is 1. The molecule has 0 radical (unpaired) electrons. The van der Waals surface area contributed by atoms with E-state index in [4.69, 9.17) is 9.47 Å². The highest BCUT2D eigenvalue weighted by Gasteiger charge is 2.11. The van der Waals surface area contributed by atoms with E-state index in [9.17, 15) is 9.59 Å². The van der Waals surface area contributed by atoms with Crippen molar-refractivity contribution in [2.24, 2.45) is 0 Å². The van der Waals surface area contributed by atoms with Gasteiger partial charge in [-0.15, -0.1) is 0 Å². The third-order valence-electron chi connectivity index (χ3n) is 3.84. The van der Waals surface area contributed by atoms with E-state index in [-0.39, 0.29) is 18.3 Å². The Bertz CT molecular complexity index is 964. The Hall–Kier alpha value is -3.41. The number of benzene rings is 2. The predicted octanol–water partition coefficient (Wildman–Crippen LogP) is 3.46. The van der Waals surface area contributed by atoms with Gasteiger partial charge in [-0.05, 0) is 37.3 Å². The van der Waals surface area contributed by atoms with Crippen molar-refractivity contribution in [2.45, 2.75) is 6.92 Å². The molecule has 0 saturated carbocycles. The van der Waals surface area contributed by atoms with Crippen LogP contribution in [0.4, 0.5) is 5.69 Å². The van der Waals surface area contributed by atoms with E-state index in [0.29, 0.717) is 28.3 Å². The van der Waals surface area contributed by atoms with Gasteiger partial charge in [-0.2, -0.15) is 0 Å². The van der Waals surface area contributed by atoms with Crippen molar-refractivity contribution in [3.05, 3.63) is 60.3 Å². The lowest BCUT2D eigenvalue weighted by molar-refractivity contribution is -0.118. The SMILES string of the molecule is COc1cc(C(C)=O)ccc1OCC(=O)Nc1cccc2cccnc12. The summed E-state index contributed by atoms with van der Waals surface area (Å²) in [4.78, 5) is 28.0. The topological polar surface area (TPSA) is 77.5 Å². The minimum absolute atomic E-state index is 0.0731. The van der Waals surface area contributed by atoms with Crippen LogP contribution in [0.1, 0.15) is 17.3 Å². The van der Waals surface area contributed by atoms with E-state index in [1.165, 1.54) is 14.0 Å². The Balaban J connectivity index is 1.70. The molecule has 0 saturated heterocycles. The fraction of sp³-hybridized carbons (Fsp3) is 0.150. The standard InChI is InChI=1S/C20H18N2O4/c1-13(23)15-8-9-17(18(11-15)25-2)26-12-19(24)22-16-7-3-5-14-6-4-10-21-20(14)16/h3-11H,12H2,1-2H3,(H,22,24). The number of nitrogens with one attached hydrogen (secondary N) is 1. The summed E-state index contributed by atoms with van der Waals surface area (Å²) in [5.41, 5.74) is 1.85. The summed E-state index contributed by atoms with van der Waals surface area (Å²) in [6.07, 6.45) is 1.68. The summed E-state index contributed by atoms with van der Waals surface area (Å²) in [6, 6.07) is 14.2. The minimum atomic E-state index is -0.319. The number of para-hydroxylation sites is 1. The molecule has 6 heteroatoms. The minimum Gasteiger partial charge on any atom is -0.493 e. The Morgan fingerprint density at radius 1 is 1.08 bits per heavy atom. The maximum Gasteiger partial charge on any atom is 0.262 e. The van der Waals surface area contributed by atoms with Gasteiger partial charge in [0.2, 0.25) is 0 Å². The number of Topliss-reactive ketones (excluding diaryl/α,β-unsaturated/α-hetero) is 1. The van der Waals surface area contributed by atoms with Gasteiger partial charge in [0.05, 0.1) is 18.3 Å². The molecule has 26 heavy (non-hydrogen) atoms. The number of fused-ring (bicyclic) bond motifs is 1. The molecule has 0 spiro atoms. The van der Waals surface area contributed by atoms with Crippen molar-refractivity contribution >= 4 is 28.3 Å². The molecule has 1 aromatic heterocycles. The van der Waals surface area contributed by atoms with Gasteiger partial charge in [-0.25, -0.2) is 0 Å². The number of methoxy groups -OCH3 is 1. The molecule has 1 N–H and O–H groups in total. The van der Waals surface area contributed by atoms with Gasteiger partial charge in [0.1, 0.15) is 0 Å². The molecule has 0 bridgehead atoms. The lowest BCUT2D eigenvalue weighted by Gasteiger charge is -2.12. The van der Waals surface area contributed by atoms with E-state index in [0.717, 1.165) is 5.39 Å². The molecule has 2 aromatic carbocycles. The van der Waals surface area contributed by atoms with Crippen LogP contribution >= 0.6 is 0 Å². The number of hydrogen-bond donors (Lipinski definition) is 1. The second-order valence-electron chi connectivity index (χ2n) is 5.64. The summed E-state index contributed by atoms with van der Waals surface area (Å²) in [5, 5.41) is 3.74. The first kappa shape index (κ1) is 17.4. The van der Waals surface area contributed by atoms with E-state index < -0.39 is 0 Å². The van der Waals surface area contributed by atoms with Crippen LogP contribution in [-0.2, 0) is 4.79 Å². The average molecular weight is 350 g/mol. The number of aromatic nitrogens is 1. The van der Waals surface area contributed by atoms with Gasteiger partial charge in [0.15, 0.2) is 23.9 Å². The second kappa shape index (κ2) is 7.65. The Labute approximate surface area is 150 Å². The maximum atomic E-state index is 12.2. The van der Waals surface area contributed by atoms with Crippen molar-refractivity contribution in [2.75, 3.05) is 19.0 Å². The molecule has 3 rings (SSSR count). The van der Waals surface area contributed by atoms with Gasteiger partial charge in [-0.1, -0.05) is 18.2 Å². The van der Waals surface area contributed by atoms with Crippen LogP contribution in [0.25, 0.3) is 10.9 Å². The van der Waals surface area contributed by atoms with Crippen LogP contribution in [0.3, 0.4) is 0 Å². The molecule has 1 heterocycles. The van der Waals surface area contributed by atoms with Crippen LogP contribution in [-0.4, -0.2) is 30.4 Å². The highest BCUT2D eigenvalue weighted by molar-refractivity contribution is 6.00. The molecule has 3 aromatic rings. The van der Waals surface area contributed by atoms with Crippen LogP contribution in [0.2, 0.25) is 0 Å². The first-order chi connectivity index (χ1) is 12.6. The summed E-state index contributed by atoms with van der Waals surface area (Å²) in [7, 11) is 1.48. The monoisotopic (exact) mass is 350 g/mol. The fourth-order valence-electron chi connectivity index (χ4n) is 2.54. The quantitative estimate of drug-likeness (QED) is 0.689. The number of ether oxygens (including phenoxy) is 2. The predicted molar refractivity (Wildman–Crippen MR) is 98.9 cm³/mol. The normalized spacial score (nSPS) is 10.4. The molecule has 0 atom stereocenters. The van der Waals surface area contributed by atoms with Gasteiger partial charge in [0, 0.05) is 17.1 Å². The van der Waals surface area contributed by atoms with Gasteiger partial charge in [0.25, 0.3) is 5.91 Å². The van der Waals surface area contributed by atoms with E-state index in [1.54, 1.807) is 30.5 Å². The Kier molecular flexibility index (Phi) is 5.12. The average Bonchev–Trinajstić information content (AvgIpc) is 2.66. The molecular formula is C20H18N2O4. The zero-order valence-electron chi connectivity index (χ0n) is 14.5. The van der Waals surface area contributed by atoms with Crippen molar-refractivity contribution in [3.8, 4) is 11.5 Å². The molecule has 0 fully saturated rings. The largest absolute Gasteiger partial charge is 0.493 e. The highest BCUT2D eigenvalue weighted by atomic mass is 16.5. The van der Waals surface area contributed by atoms with Gasteiger partial charge >= 0.3 is 0 Å². The Morgan fingerprint density at radius 2 is 1.88 bits per heavy atom. The van der Waals surface area contributed by atoms with Gasteiger partial charge in [-0.3, -0.25) is 14.6 Å². The number of anilines is 1. The number of carbonyl (C=O) groups excluding carboxylic acids is 2. The summed E-state index contributed by atoms with van der Waals surface area (Å²) >= 11 is 0. The molecule has 0 aliphatic heterocycles. The molecule has 1 amide bonds. The Morgan fingerprint density at radius 3 is 2.65 bits per heavy atom. The van der Waals surface area contributed by atoms with Crippen molar-refractivity contribution < 1.29 is 19.1 Å². The number of amides is 1. The van der Waals surface area contributed by atoms with E-state index in [2.05, 4.69) is 10.3 Å². The smallest absolute Gasteiger partial charge is 0.262 e. The molecule has 0 aliphatic rings. The van der Waals surface area contributed by atoms with Crippen molar-refractivity contribution in [1.29, 1.82) is 0 Å². The third-order valence-corrected chi connectivity index (χ3v) is 3.84. The highest BCUT2D eigenvalue weighted by Crippen LogP contribution is 2.28. The number of carbonyl (C=O) groups is 2. The van der Waals surface area contributed by atoms with Gasteiger partial charge < -0.3 is 14.8 Å². The van der Waals surface area contributed by atoms with Crippen molar-refractivity contribution in [1.82, 2.24) is 4.98 Å². The van der Waals surface area contributed by atoms with Crippen LogP contribution in [0, 0.1) is 0 Å². The van der Waals surface area contributed by atoms with E-state index >= 15 is 0 Å². The number of nitrogens with zero attached hydrogens (tertiary/aromatic N) is 1. The third kappa shape index (κ3) is 3.80. The molecular weight excluding hydrogens is 332 g/mol. The van der Waals surface area contributed by atoms with E-state index in [1.807, 2.05) is 24.3 Å². The van der Waals surface area contributed by atoms with Crippen LogP contribution in [0.5, 0.6) is 11.5 Å². The first-order valence-corrected chi connectivity index (χ1v) is 8.04. The lowest BCUT2D eigenvalue weighted by Crippen LogP contribution is -2.20. The first-order valence-electron chi connectivity index (χ1n) is 8.04. The maximum absolute atomic E-state index is 12.2. The summed E-state index contributed by atoms with van der Waals surface area (Å²) in [5.74, 6) is 0.401. The number of hydrogen-bond acceptors (Lipinski definition) is 5. The molecule has 132 valence electrons. The van der Waals surface area contributed by atoms with Crippen LogP contribution in [0.15, 0.2) is 54.7 Å². The fourth-order valence-corrected chi connectivity index (χ4v) is 2.54. The number of ketones is 1. The van der Waals surface area contributed by atoms with Crippen LogP contribution < -0.4 is 14.8 Å². The summed E-state index contributed by atoms with van der Waals surface area (Å²) in [6.45, 7) is 1.28. The molecule has 0 aliphatic carbocycles. The molecule has 0 unspecified atom stereocenters. The second-order valence-corrected chi connectivity index (χ2v) is 5.64. The van der Waals surface area contributed by atoms with Crippen molar-refractivity contribution in [3.63, 3.8) is 0 Å².